The largest absolute Gasteiger partial charge is 0.394 e. The van der Waals surface area contributed by atoms with Crippen molar-refractivity contribution in [2.45, 2.75) is 225 Å². The Kier molecular flexibility index (Phi) is 40.9. The van der Waals surface area contributed by atoms with E-state index in [1.807, 2.05) is 6.08 Å². The molecule has 2 unspecified atom stereocenters. The van der Waals surface area contributed by atoms with Gasteiger partial charge in [-0.05, 0) is 77.0 Å². The lowest BCUT2D eigenvalue weighted by Crippen LogP contribution is -2.45. The predicted molar refractivity (Wildman–Crippen MR) is 225 cm³/mol. The van der Waals surface area contributed by atoms with E-state index in [0.717, 1.165) is 44.9 Å². The highest BCUT2D eigenvalue weighted by Crippen LogP contribution is 2.13. The third-order valence-corrected chi connectivity index (χ3v) is 9.70. The van der Waals surface area contributed by atoms with Crippen LogP contribution in [-0.2, 0) is 4.79 Å². The van der Waals surface area contributed by atoms with E-state index in [4.69, 9.17) is 0 Å². The smallest absolute Gasteiger partial charge is 0.220 e. The van der Waals surface area contributed by atoms with Gasteiger partial charge in [0.2, 0.25) is 5.91 Å². The lowest BCUT2D eigenvalue weighted by atomic mass is 10.1. The first-order valence-corrected chi connectivity index (χ1v) is 22.0. The fourth-order valence-electron chi connectivity index (χ4n) is 6.30. The molecule has 0 aliphatic heterocycles. The highest BCUT2D eigenvalue weighted by Gasteiger charge is 2.17. The number of allylic oxidation sites excluding steroid dienone is 9. The minimum Gasteiger partial charge on any atom is -0.394 e. The molecule has 4 heteroatoms. The number of aliphatic hydroxyl groups excluding tert-OH is 2. The van der Waals surface area contributed by atoms with Crippen LogP contribution in [-0.4, -0.2) is 34.9 Å². The van der Waals surface area contributed by atoms with Crippen LogP contribution in [0.2, 0.25) is 0 Å². The standard InChI is InChI=1S/C47H85NO3/c1-3-5-7-9-11-13-15-17-19-20-21-22-23-24-25-26-27-28-29-31-33-35-37-39-41-43-47(51)48-45(44-49)46(50)42-40-38-36-34-32-30-18-16-14-12-10-8-6-4-2/h14,16,21-22,24-25,32,34,40,42,45-46,49-50H,3-13,15,17-20,23,26-31,33,35-39,41,43-44H2,1-2H3,(H,48,51)/b16-14+,22-21-,25-24-,34-32+,42-40+. The molecule has 0 rings (SSSR count). The van der Waals surface area contributed by atoms with Gasteiger partial charge in [0.05, 0.1) is 18.8 Å². The summed E-state index contributed by atoms with van der Waals surface area (Å²) in [6.45, 7) is 4.26. The molecule has 4 nitrogen and oxygen atoms in total. The van der Waals surface area contributed by atoms with Gasteiger partial charge in [-0.15, -0.1) is 0 Å². The summed E-state index contributed by atoms with van der Waals surface area (Å²) in [6.07, 6.45) is 59.0. The van der Waals surface area contributed by atoms with Crippen molar-refractivity contribution < 1.29 is 15.0 Å². The summed E-state index contributed by atoms with van der Waals surface area (Å²) in [5, 5.41) is 22.9. The number of hydrogen-bond donors (Lipinski definition) is 3. The molecule has 0 aromatic rings. The maximum Gasteiger partial charge on any atom is 0.220 e. The third-order valence-electron chi connectivity index (χ3n) is 9.70. The van der Waals surface area contributed by atoms with Crippen molar-refractivity contribution in [3.8, 4) is 0 Å². The maximum absolute atomic E-state index is 12.4. The normalized spacial score (nSPS) is 13.6. The first-order valence-electron chi connectivity index (χ1n) is 22.0. The Labute approximate surface area is 317 Å². The number of aliphatic hydroxyl groups is 2. The zero-order valence-electron chi connectivity index (χ0n) is 33.9. The number of amides is 1. The van der Waals surface area contributed by atoms with E-state index in [2.05, 4.69) is 67.8 Å². The summed E-state index contributed by atoms with van der Waals surface area (Å²) in [7, 11) is 0. The van der Waals surface area contributed by atoms with E-state index >= 15 is 0 Å². The van der Waals surface area contributed by atoms with E-state index in [0.29, 0.717) is 6.42 Å². The number of carbonyl (C=O) groups is 1. The Morgan fingerprint density at radius 2 is 0.824 bits per heavy atom. The quantitative estimate of drug-likeness (QED) is 0.0439. The van der Waals surface area contributed by atoms with E-state index in [1.165, 1.54) is 148 Å². The minimum absolute atomic E-state index is 0.0846. The fourth-order valence-corrected chi connectivity index (χ4v) is 6.30. The Morgan fingerprint density at radius 3 is 1.27 bits per heavy atom. The van der Waals surface area contributed by atoms with Crippen molar-refractivity contribution >= 4 is 5.91 Å². The van der Waals surface area contributed by atoms with Crippen LogP contribution in [0.25, 0.3) is 0 Å². The van der Waals surface area contributed by atoms with Crippen LogP contribution in [0.5, 0.6) is 0 Å². The number of hydrogen-bond acceptors (Lipinski definition) is 3. The first-order chi connectivity index (χ1) is 25.2. The van der Waals surface area contributed by atoms with E-state index in [1.54, 1.807) is 6.08 Å². The molecule has 3 N–H and O–H groups in total. The topological polar surface area (TPSA) is 69.6 Å². The predicted octanol–water partition coefficient (Wildman–Crippen LogP) is 13.7. The van der Waals surface area contributed by atoms with Gasteiger partial charge in [0.15, 0.2) is 0 Å². The molecule has 296 valence electrons. The highest BCUT2D eigenvalue weighted by molar-refractivity contribution is 5.76. The molecule has 0 aliphatic rings. The van der Waals surface area contributed by atoms with Crippen molar-refractivity contribution in [2.24, 2.45) is 0 Å². The molecule has 0 saturated carbocycles. The number of unbranched alkanes of at least 4 members (excludes halogenated alkanes) is 24. The van der Waals surface area contributed by atoms with Crippen molar-refractivity contribution in [1.29, 1.82) is 0 Å². The molecule has 0 fully saturated rings. The zero-order valence-corrected chi connectivity index (χ0v) is 33.9. The average Bonchev–Trinajstić information content (AvgIpc) is 3.13. The minimum atomic E-state index is -0.873. The third kappa shape index (κ3) is 39.1. The lowest BCUT2D eigenvalue weighted by molar-refractivity contribution is -0.123. The summed E-state index contributed by atoms with van der Waals surface area (Å²) in [4.78, 5) is 12.4. The molecule has 51 heavy (non-hydrogen) atoms. The van der Waals surface area contributed by atoms with Gasteiger partial charge >= 0.3 is 0 Å². The van der Waals surface area contributed by atoms with Gasteiger partial charge in [0, 0.05) is 6.42 Å². The number of rotatable bonds is 39. The Morgan fingerprint density at radius 1 is 0.471 bits per heavy atom. The number of carbonyl (C=O) groups excluding carboxylic acids is 1. The van der Waals surface area contributed by atoms with Crippen LogP contribution in [0.3, 0.4) is 0 Å². The van der Waals surface area contributed by atoms with E-state index in [9.17, 15) is 15.0 Å². The highest BCUT2D eigenvalue weighted by atomic mass is 16.3. The average molecular weight is 712 g/mol. The molecule has 0 saturated heterocycles. The van der Waals surface area contributed by atoms with Gasteiger partial charge in [-0.3, -0.25) is 4.79 Å². The van der Waals surface area contributed by atoms with Gasteiger partial charge in [0.1, 0.15) is 0 Å². The second kappa shape index (κ2) is 42.5. The van der Waals surface area contributed by atoms with Gasteiger partial charge in [-0.25, -0.2) is 0 Å². The SMILES string of the molecule is CCCCCC/C=C/CC/C=C/CC/C=C/C(O)C(CO)NC(=O)CCCCCCCCCCC/C=C\C/C=C\CCCCCCCCCCC. The van der Waals surface area contributed by atoms with Gasteiger partial charge in [0.25, 0.3) is 0 Å². The Hall–Kier alpha value is -1.91. The molecular weight excluding hydrogens is 627 g/mol. The van der Waals surface area contributed by atoms with Crippen LogP contribution in [0.15, 0.2) is 60.8 Å². The van der Waals surface area contributed by atoms with Crippen molar-refractivity contribution in [3.05, 3.63) is 60.8 Å². The molecular formula is C47H85NO3. The summed E-state index contributed by atoms with van der Waals surface area (Å²) in [6, 6.07) is -0.649. The van der Waals surface area contributed by atoms with E-state index < -0.39 is 12.1 Å². The Balaban J connectivity index is 3.61. The van der Waals surface area contributed by atoms with Crippen LogP contribution < -0.4 is 5.32 Å². The lowest BCUT2D eigenvalue weighted by Gasteiger charge is -2.19. The van der Waals surface area contributed by atoms with Gasteiger partial charge < -0.3 is 15.5 Å². The molecule has 0 spiro atoms. The van der Waals surface area contributed by atoms with Crippen LogP contribution in [0.4, 0.5) is 0 Å². The molecule has 0 radical (unpaired) electrons. The van der Waals surface area contributed by atoms with Gasteiger partial charge in [-0.1, -0.05) is 190 Å². The molecule has 0 aromatic heterocycles. The van der Waals surface area contributed by atoms with Crippen LogP contribution in [0.1, 0.15) is 213 Å². The van der Waals surface area contributed by atoms with E-state index in [-0.39, 0.29) is 12.5 Å². The van der Waals surface area contributed by atoms with Gasteiger partial charge in [-0.2, -0.15) is 0 Å². The summed E-state index contributed by atoms with van der Waals surface area (Å²) >= 11 is 0. The van der Waals surface area contributed by atoms with Crippen LogP contribution in [0, 0.1) is 0 Å². The zero-order chi connectivity index (χ0) is 37.1. The molecule has 0 heterocycles. The molecule has 2 atom stereocenters. The maximum atomic E-state index is 12.4. The Bertz CT molecular complexity index is 858. The summed E-state index contributed by atoms with van der Waals surface area (Å²) in [5.74, 6) is -0.0846. The molecule has 0 aromatic carbocycles. The number of nitrogens with one attached hydrogen (secondary N) is 1. The first kappa shape index (κ1) is 49.1. The van der Waals surface area contributed by atoms with Crippen molar-refractivity contribution in [1.82, 2.24) is 5.32 Å². The molecule has 0 bridgehead atoms. The van der Waals surface area contributed by atoms with Crippen LogP contribution >= 0.6 is 0 Å². The fraction of sp³-hybridized carbons (Fsp3) is 0.766. The summed E-state index contributed by atoms with van der Waals surface area (Å²) in [5.41, 5.74) is 0. The molecule has 1 amide bonds. The monoisotopic (exact) mass is 712 g/mol. The van der Waals surface area contributed by atoms with Crippen molar-refractivity contribution in [3.63, 3.8) is 0 Å². The van der Waals surface area contributed by atoms with Crippen molar-refractivity contribution in [2.75, 3.05) is 6.61 Å². The second-order valence-electron chi connectivity index (χ2n) is 14.7. The summed E-state index contributed by atoms with van der Waals surface area (Å²) < 4.78 is 0. The second-order valence-corrected chi connectivity index (χ2v) is 14.7. The molecule has 0 aliphatic carbocycles.